The van der Waals surface area contributed by atoms with E-state index in [-0.39, 0.29) is 11.2 Å². The summed E-state index contributed by atoms with van der Waals surface area (Å²) < 4.78 is 4.90. The van der Waals surface area contributed by atoms with Gasteiger partial charge in [-0.3, -0.25) is 4.79 Å². The summed E-state index contributed by atoms with van der Waals surface area (Å²) >= 11 is 2.84. The summed E-state index contributed by atoms with van der Waals surface area (Å²) in [5, 5.41) is 3.13. The minimum atomic E-state index is -0.202. The van der Waals surface area contributed by atoms with Crippen LogP contribution in [-0.4, -0.2) is 27.8 Å². The van der Waals surface area contributed by atoms with Crippen LogP contribution in [0, 0.1) is 0 Å². The molecule has 0 saturated carbocycles. The number of thiophene rings is 1. The average Bonchev–Trinajstić information content (AvgIpc) is 2.89. The molecule has 17 heavy (non-hydrogen) atoms. The molecule has 5 nitrogen and oxygen atoms in total. The molecule has 3 rings (SSSR count). The van der Waals surface area contributed by atoms with E-state index in [0.717, 1.165) is 10.2 Å². The first-order valence-electron chi connectivity index (χ1n) is 5.08. The second kappa shape index (κ2) is 4.15. The lowest BCUT2D eigenvalue weighted by atomic mass is 10.4. The van der Waals surface area contributed by atoms with Gasteiger partial charge in [-0.25, -0.2) is 9.97 Å². The summed E-state index contributed by atoms with van der Waals surface area (Å²) in [7, 11) is 0. The minimum Gasteiger partial charge on any atom is -0.465 e. The fourth-order valence-electron chi connectivity index (χ4n) is 1.62. The molecule has 0 spiro atoms. The number of nitrogen functional groups attached to an aromatic ring is 1. The molecule has 0 aliphatic carbocycles. The zero-order valence-corrected chi connectivity index (χ0v) is 10.4. The zero-order valence-electron chi connectivity index (χ0n) is 8.75. The normalized spacial score (nSPS) is 19.8. The third kappa shape index (κ3) is 1.96. The van der Waals surface area contributed by atoms with Crippen LogP contribution in [0.1, 0.15) is 6.42 Å². The summed E-state index contributed by atoms with van der Waals surface area (Å²) in [5.74, 6) is 0.272. The maximum Gasteiger partial charge on any atom is 0.319 e. The second-order valence-electron chi connectivity index (χ2n) is 3.59. The number of thioether (sulfide) groups is 1. The Hall–Kier alpha value is -1.34. The predicted octanol–water partition coefficient (Wildman–Crippen LogP) is 1.68. The number of esters is 1. The molecule has 1 aliphatic rings. The van der Waals surface area contributed by atoms with Crippen LogP contribution in [-0.2, 0) is 9.53 Å². The fraction of sp³-hybridized carbons (Fsp3) is 0.300. The highest BCUT2D eigenvalue weighted by Crippen LogP contribution is 2.31. The van der Waals surface area contributed by atoms with Gasteiger partial charge in [0.05, 0.1) is 12.0 Å². The van der Waals surface area contributed by atoms with Crippen molar-refractivity contribution in [3.8, 4) is 0 Å². The van der Waals surface area contributed by atoms with E-state index in [1.54, 1.807) is 0 Å². The first kappa shape index (κ1) is 10.8. The van der Waals surface area contributed by atoms with Crippen LogP contribution < -0.4 is 5.73 Å². The first-order chi connectivity index (χ1) is 8.24. The minimum absolute atomic E-state index is 0.191. The molecule has 2 aromatic rings. The van der Waals surface area contributed by atoms with Gasteiger partial charge in [0.1, 0.15) is 15.9 Å². The number of ether oxygens (including phenoxy) is 1. The molecule has 0 bridgehead atoms. The van der Waals surface area contributed by atoms with Crippen LogP contribution in [0.5, 0.6) is 0 Å². The number of rotatable bonds is 2. The summed E-state index contributed by atoms with van der Waals surface area (Å²) in [5.41, 5.74) is 5.84. The van der Waals surface area contributed by atoms with Gasteiger partial charge in [-0.15, -0.1) is 11.3 Å². The molecule has 0 unspecified atom stereocenters. The largest absolute Gasteiger partial charge is 0.465 e. The summed E-state index contributed by atoms with van der Waals surface area (Å²) in [4.78, 5) is 20.8. The maximum absolute atomic E-state index is 11.3. The number of hydrogen-bond donors (Lipinski definition) is 1. The van der Waals surface area contributed by atoms with Crippen molar-refractivity contribution >= 4 is 45.1 Å². The molecule has 0 radical (unpaired) electrons. The van der Waals surface area contributed by atoms with E-state index in [1.165, 1.54) is 23.1 Å². The van der Waals surface area contributed by atoms with E-state index < -0.39 is 0 Å². The molecule has 1 saturated heterocycles. The Bertz CT molecular complexity index is 584. The van der Waals surface area contributed by atoms with Crippen molar-refractivity contribution < 1.29 is 9.53 Å². The van der Waals surface area contributed by atoms with E-state index in [4.69, 9.17) is 10.5 Å². The monoisotopic (exact) mass is 267 g/mol. The highest BCUT2D eigenvalue weighted by molar-refractivity contribution is 8.00. The topological polar surface area (TPSA) is 78.1 Å². The maximum atomic E-state index is 11.3. The number of fused-ring (bicyclic) bond motifs is 1. The van der Waals surface area contributed by atoms with Crippen molar-refractivity contribution in [2.75, 3.05) is 12.3 Å². The van der Waals surface area contributed by atoms with Gasteiger partial charge in [0.25, 0.3) is 0 Å². The lowest BCUT2D eigenvalue weighted by molar-refractivity contribution is -0.137. The van der Waals surface area contributed by atoms with Crippen molar-refractivity contribution in [2.45, 2.75) is 16.8 Å². The smallest absolute Gasteiger partial charge is 0.319 e. The van der Waals surface area contributed by atoms with Crippen LogP contribution in [0.15, 0.2) is 16.6 Å². The fourth-order valence-corrected chi connectivity index (χ4v) is 3.38. The molecule has 1 atom stereocenters. The van der Waals surface area contributed by atoms with Crippen molar-refractivity contribution in [1.82, 2.24) is 9.97 Å². The summed E-state index contributed by atoms with van der Waals surface area (Å²) in [6.07, 6.45) is 0.704. The lowest BCUT2D eigenvalue weighted by Gasteiger charge is -2.04. The second-order valence-corrected chi connectivity index (χ2v) is 5.66. The number of hydrogen-bond acceptors (Lipinski definition) is 7. The van der Waals surface area contributed by atoms with Gasteiger partial charge < -0.3 is 10.5 Å². The van der Waals surface area contributed by atoms with Crippen molar-refractivity contribution in [1.29, 1.82) is 0 Å². The third-order valence-corrected chi connectivity index (χ3v) is 4.38. The Morgan fingerprint density at radius 2 is 2.41 bits per heavy atom. The Kier molecular flexibility index (Phi) is 2.64. The standard InChI is InChI=1S/C10H9N3O2S2/c11-7-5-2-4-16-8(5)13-10(12-7)17-6-1-3-15-9(6)14/h2,4,6H,1,3H2,(H2,11,12,13)/t6-/m1/s1. The number of nitrogens with zero attached hydrogens (tertiary/aromatic N) is 2. The van der Waals surface area contributed by atoms with E-state index >= 15 is 0 Å². The van der Waals surface area contributed by atoms with Gasteiger partial charge in [0, 0.05) is 6.42 Å². The lowest BCUT2D eigenvalue weighted by Crippen LogP contribution is -2.10. The third-order valence-electron chi connectivity index (χ3n) is 2.47. The van der Waals surface area contributed by atoms with E-state index in [2.05, 4.69) is 9.97 Å². The summed E-state index contributed by atoms with van der Waals surface area (Å²) in [6, 6.07) is 1.90. The number of carbonyl (C=O) groups is 1. The van der Waals surface area contributed by atoms with Gasteiger partial charge in [0.15, 0.2) is 5.16 Å². The van der Waals surface area contributed by atoms with Gasteiger partial charge in [-0.05, 0) is 11.4 Å². The molecule has 2 N–H and O–H groups in total. The van der Waals surface area contributed by atoms with Gasteiger partial charge in [-0.2, -0.15) is 0 Å². The van der Waals surface area contributed by atoms with Crippen LogP contribution in [0.25, 0.3) is 10.2 Å². The van der Waals surface area contributed by atoms with Crippen molar-refractivity contribution in [3.63, 3.8) is 0 Å². The van der Waals surface area contributed by atoms with E-state index in [0.29, 0.717) is 24.0 Å². The van der Waals surface area contributed by atoms with Crippen LogP contribution in [0.3, 0.4) is 0 Å². The van der Waals surface area contributed by atoms with Crippen molar-refractivity contribution in [3.05, 3.63) is 11.4 Å². The zero-order chi connectivity index (χ0) is 11.8. The Morgan fingerprint density at radius 3 is 3.18 bits per heavy atom. The van der Waals surface area contributed by atoms with E-state index in [9.17, 15) is 4.79 Å². The first-order valence-corrected chi connectivity index (χ1v) is 6.84. The van der Waals surface area contributed by atoms with Gasteiger partial charge in [0.2, 0.25) is 0 Å². The molecule has 7 heteroatoms. The molecule has 1 aliphatic heterocycles. The molecule has 3 heterocycles. The molecular weight excluding hydrogens is 258 g/mol. The number of cyclic esters (lactones) is 1. The Balaban J connectivity index is 1.92. The molecule has 0 amide bonds. The SMILES string of the molecule is Nc1nc(S[C@@H]2CCOC2=O)nc2sccc12. The number of nitrogens with two attached hydrogens (primary N) is 1. The van der Waals surface area contributed by atoms with E-state index in [1.807, 2.05) is 11.4 Å². The quantitative estimate of drug-likeness (QED) is 0.659. The van der Waals surface area contributed by atoms with Gasteiger partial charge >= 0.3 is 5.97 Å². The molecule has 0 aromatic carbocycles. The highest BCUT2D eigenvalue weighted by Gasteiger charge is 2.28. The van der Waals surface area contributed by atoms with Crippen molar-refractivity contribution in [2.24, 2.45) is 0 Å². The highest BCUT2D eigenvalue weighted by atomic mass is 32.2. The van der Waals surface area contributed by atoms with Crippen LogP contribution >= 0.6 is 23.1 Å². The molecule has 2 aromatic heterocycles. The predicted molar refractivity (Wildman–Crippen MR) is 67.0 cm³/mol. The summed E-state index contributed by atoms with van der Waals surface area (Å²) in [6.45, 7) is 0.479. The number of carbonyl (C=O) groups excluding carboxylic acids is 1. The Labute approximate surface area is 105 Å². The number of aromatic nitrogens is 2. The van der Waals surface area contributed by atoms with Crippen LogP contribution in [0.2, 0.25) is 0 Å². The van der Waals surface area contributed by atoms with Gasteiger partial charge in [-0.1, -0.05) is 11.8 Å². The molecule has 1 fully saturated rings. The van der Waals surface area contributed by atoms with Crippen LogP contribution in [0.4, 0.5) is 5.82 Å². The molecular formula is C10H9N3O2S2. The molecule has 88 valence electrons. The average molecular weight is 267 g/mol. The Morgan fingerprint density at radius 1 is 1.53 bits per heavy atom. The number of anilines is 1.